The lowest BCUT2D eigenvalue weighted by Gasteiger charge is -2.32. The lowest BCUT2D eigenvalue weighted by Crippen LogP contribution is -2.57. The monoisotopic (exact) mass is 439 g/mol. The SMILES string of the molecule is CCCCNC(=O)[C@]1(NC(C)=O)C[C@H](CCB2OC(C)(C)C(C)(C)O2)[C@@H](C[N+](=O)[O-])C1. The van der Waals surface area contributed by atoms with Crippen LogP contribution in [-0.2, 0) is 18.9 Å². The predicted molar refractivity (Wildman–Crippen MR) is 118 cm³/mol. The maximum absolute atomic E-state index is 13.0. The zero-order valence-electron chi connectivity index (χ0n) is 19.8. The van der Waals surface area contributed by atoms with Crippen LogP contribution in [0.25, 0.3) is 0 Å². The summed E-state index contributed by atoms with van der Waals surface area (Å²) in [6.07, 6.45) is 3.63. The average molecular weight is 439 g/mol. The lowest BCUT2D eigenvalue weighted by atomic mass is 9.77. The van der Waals surface area contributed by atoms with Gasteiger partial charge in [0.25, 0.3) is 0 Å². The van der Waals surface area contributed by atoms with Gasteiger partial charge in [0.15, 0.2) is 0 Å². The van der Waals surface area contributed by atoms with Crippen LogP contribution in [0, 0.1) is 22.0 Å². The van der Waals surface area contributed by atoms with Crippen LogP contribution in [0.1, 0.15) is 73.6 Å². The first-order valence-corrected chi connectivity index (χ1v) is 11.4. The van der Waals surface area contributed by atoms with Crippen molar-refractivity contribution in [2.45, 2.75) is 96.7 Å². The molecule has 1 aliphatic carbocycles. The average Bonchev–Trinajstić information content (AvgIpc) is 3.06. The Morgan fingerprint density at radius 1 is 1.13 bits per heavy atom. The third-order valence-electron chi connectivity index (χ3n) is 7.01. The number of carbonyl (C=O) groups is 2. The molecule has 0 aromatic heterocycles. The van der Waals surface area contributed by atoms with E-state index in [1.807, 2.05) is 34.6 Å². The number of hydrogen-bond acceptors (Lipinski definition) is 6. The van der Waals surface area contributed by atoms with E-state index in [2.05, 4.69) is 10.6 Å². The summed E-state index contributed by atoms with van der Waals surface area (Å²) in [5.74, 6) is -0.950. The Morgan fingerprint density at radius 3 is 2.23 bits per heavy atom. The van der Waals surface area contributed by atoms with E-state index in [4.69, 9.17) is 9.31 Å². The second-order valence-corrected chi connectivity index (χ2v) is 10.1. The van der Waals surface area contributed by atoms with E-state index in [0.717, 1.165) is 12.8 Å². The van der Waals surface area contributed by atoms with Crippen molar-refractivity contribution >= 4 is 18.9 Å². The highest BCUT2D eigenvalue weighted by molar-refractivity contribution is 6.45. The minimum absolute atomic E-state index is 0.0896. The highest BCUT2D eigenvalue weighted by Gasteiger charge is 2.54. The van der Waals surface area contributed by atoms with Gasteiger partial charge in [-0.3, -0.25) is 19.7 Å². The number of unbranched alkanes of at least 4 members (excludes halogenated alkanes) is 1. The molecule has 31 heavy (non-hydrogen) atoms. The summed E-state index contributed by atoms with van der Waals surface area (Å²) >= 11 is 0. The second-order valence-electron chi connectivity index (χ2n) is 10.1. The Labute approximate surface area is 185 Å². The minimum atomic E-state index is -1.11. The normalized spacial score (nSPS) is 29.0. The molecular formula is C21H38BN3O6. The molecule has 3 atom stereocenters. The predicted octanol–water partition coefficient (Wildman–Crippen LogP) is 2.56. The van der Waals surface area contributed by atoms with Gasteiger partial charge in [0.2, 0.25) is 18.4 Å². The molecule has 0 bridgehead atoms. The summed E-state index contributed by atoms with van der Waals surface area (Å²) in [7, 11) is -0.393. The summed E-state index contributed by atoms with van der Waals surface area (Å²) < 4.78 is 12.1. The van der Waals surface area contributed by atoms with Gasteiger partial charge in [-0.05, 0) is 59.2 Å². The smallest absolute Gasteiger partial charge is 0.403 e. The molecule has 0 spiro atoms. The van der Waals surface area contributed by atoms with Gasteiger partial charge in [0, 0.05) is 24.3 Å². The van der Waals surface area contributed by atoms with E-state index in [-0.39, 0.29) is 41.5 Å². The first-order valence-electron chi connectivity index (χ1n) is 11.4. The molecule has 2 amide bonds. The van der Waals surface area contributed by atoms with Gasteiger partial charge in [0.1, 0.15) is 5.54 Å². The van der Waals surface area contributed by atoms with E-state index in [1.54, 1.807) is 0 Å². The van der Waals surface area contributed by atoms with Crippen LogP contribution in [0.2, 0.25) is 6.32 Å². The highest BCUT2D eigenvalue weighted by Crippen LogP contribution is 2.44. The molecule has 1 heterocycles. The first kappa shape index (κ1) is 25.6. The summed E-state index contributed by atoms with van der Waals surface area (Å²) in [4.78, 5) is 35.9. The Balaban J connectivity index is 2.13. The van der Waals surface area contributed by atoms with E-state index in [0.29, 0.717) is 25.7 Å². The Morgan fingerprint density at radius 2 is 1.71 bits per heavy atom. The Bertz CT molecular complexity index is 670. The van der Waals surface area contributed by atoms with Gasteiger partial charge < -0.3 is 19.9 Å². The van der Waals surface area contributed by atoms with Crippen molar-refractivity contribution in [2.24, 2.45) is 11.8 Å². The largest absolute Gasteiger partial charge is 0.457 e. The summed E-state index contributed by atoms with van der Waals surface area (Å²) in [5, 5.41) is 17.1. The zero-order valence-corrected chi connectivity index (χ0v) is 19.8. The molecule has 1 saturated heterocycles. The fourth-order valence-electron chi connectivity index (χ4n) is 4.72. The van der Waals surface area contributed by atoms with Gasteiger partial charge in [-0.1, -0.05) is 19.8 Å². The fraction of sp³-hybridized carbons (Fsp3) is 0.905. The van der Waals surface area contributed by atoms with Crippen LogP contribution < -0.4 is 10.6 Å². The van der Waals surface area contributed by atoms with Crippen molar-refractivity contribution in [3.63, 3.8) is 0 Å². The molecule has 2 fully saturated rings. The standard InChI is InChI=1S/C21H38BN3O6/c1-7-8-11-23-18(27)21(24-15(2)26)12-16(17(13-21)14-25(28)29)9-10-22-30-19(3,4)20(5,6)31-22/h16-17H,7-14H2,1-6H3,(H,23,27)(H,24,26)/t16-,17+,21-/m0/s1. The summed E-state index contributed by atoms with van der Waals surface area (Å²) in [6.45, 7) is 11.7. The summed E-state index contributed by atoms with van der Waals surface area (Å²) in [5.41, 5.74) is -1.99. The number of nitrogens with zero attached hydrogens (tertiary/aromatic N) is 1. The zero-order chi connectivity index (χ0) is 23.4. The summed E-state index contributed by atoms with van der Waals surface area (Å²) in [6, 6.07) is 0. The molecule has 10 heteroatoms. The van der Waals surface area contributed by atoms with Crippen molar-refractivity contribution in [3.05, 3.63) is 10.1 Å². The van der Waals surface area contributed by atoms with Crippen LogP contribution >= 0.6 is 0 Å². The molecule has 0 unspecified atom stereocenters. The maximum atomic E-state index is 13.0. The van der Waals surface area contributed by atoms with Crippen LogP contribution in [-0.4, -0.2) is 53.7 Å². The van der Waals surface area contributed by atoms with Gasteiger partial charge >= 0.3 is 7.12 Å². The number of amides is 2. The second kappa shape index (κ2) is 9.86. The molecule has 176 valence electrons. The number of nitro groups is 1. The van der Waals surface area contributed by atoms with Crippen molar-refractivity contribution < 1.29 is 23.8 Å². The van der Waals surface area contributed by atoms with Crippen molar-refractivity contribution in [2.75, 3.05) is 13.1 Å². The fourth-order valence-corrected chi connectivity index (χ4v) is 4.72. The molecule has 1 saturated carbocycles. The van der Waals surface area contributed by atoms with E-state index >= 15 is 0 Å². The number of carbonyl (C=O) groups excluding carboxylic acids is 2. The van der Waals surface area contributed by atoms with Crippen molar-refractivity contribution in [1.82, 2.24) is 10.6 Å². The third-order valence-corrected chi connectivity index (χ3v) is 7.01. The van der Waals surface area contributed by atoms with Crippen LogP contribution in [0.3, 0.4) is 0 Å². The quantitative estimate of drug-likeness (QED) is 0.234. The molecule has 0 aromatic rings. The van der Waals surface area contributed by atoms with E-state index in [9.17, 15) is 19.7 Å². The topological polar surface area (TPSA) is 120 Å². The Hall–Kier alpha value is -1.68. The number of nitrogens with one attached hydrogen (secondary N) is 2. The van der Waals surface area contributed by atoms with Gasteiger partial charge in [-0.25, -0.2) is 0 Å². The van der Waals surface area contributed by atoms with Gasteiger partial charge in [-0.2, -0.15) is 0 Å². The van der Waals surface area contributed by atoms with Crippen LogP contribution in [0.4, 0.5) is 0 Å². The molecule has 2 aliphatic rings. The molecule has 1 aliphatic heterocycles. The number of rotatable bonds is 10. The van der Waals surface area contributed by atoms with E-state index < -0.39 is 23.9 Å². The number of hydrogen-bond donors (Lipinski definition) is 2. The first-order chi connectivity index (χ1) is 14.3. The molecular weight excluding hydrogens is 401 g/mol. The molecule has 0 aromatic carbocycles. The van der Waals surface area contributed by atoms with Gasteiger partial charge in [-0.15, -0.1) is 0 Å². The maximum Gasteiger partial charge on any atom is 0.457 e. The lowest BCUT2D eigenvalue weighted by molar-refractivity contribution is -0.489. The highest BCUT2D eigenvalue weighted by atomic mass is 16.7. The minimum Gasteiger partial charge on any atom is -0.403 e. The molecule has 2 N–H and O–H groups in total. The molecule has 2 rings (SSSR count). The van der Waals surface area contributed by atoms with Crippen molar-refractivity contribution in [1.29, 1.82) is 0 Å². The van der Waals surface area contributed by atoms with E-state index in [1.165, 1.54) is 6.92 Å². The Kier molecular flexibility index (Phi) is 8.13. The molecule has 9 nitrogen and oxygen atoms in total. The van der Waals surface area contributed by atoms with Crippen LogP contribution in [0.5, 0.6) is 0 Å². The third kappa shape index (κ3) is 6.19. The van der Waals surface area contributed by atoms with Crippen molar-refractivity contribution in [3.8, 4) is 0 Å². The van der Waals surface area contributed by atoms with Gasteiger partial charge in [0.05, 0.1) is 11.2 Å². The molecule has 0 radical (unpaired) electrons. The van der Waals surface area contributed by atoms with Crippen LogP contribution in [0.15, 0.2) is 0 Å².